The van der Waals surface area contributed by atoms with Gasteiger partial charge in [-0.3, -0.25) is 0 Å². The summed E-state index contributed by atoms with van der Waals surface area (Å²) >= 11 is 0. The zero-order chi connectivity index (χ0) is 29.1. The molecule has 41 heavy (non-hydrogen) atoms. The molecule has 7 nitrogen and oxygen atoms in total. The molecular weight excluding hydrogens is 514 g/mol. The lowest BCUT2D eigenvalue weighted by atomic mass is 9.80. The van der Waals surface area contributed by atoms with Gasteiger partial charge in [0.25, 0.3) is 0 Å². The van der Waals surface area contributed by atoms with Crippen LogP contribution in [-0.4, -0.2) is 62.4 Å². The molecule has 1 N–H and O–H groups in total. The third-order valence-corrected chi connectivity index (χ3v) is 6.40. The topological polar surface area (TPSA) is 76.4 Å². The zero-order valence-electron chi connectivity index (χ0n) is 23.8. The Morgan fingerprint density at radius 1 is 0.854 bits per heavy atom. The quantitative estimate of drug-likeness (QED) is 0.116. The van der Waals surface area contributed by atoms with E-state index in [2.05, 4.69) is 21.8 Å². The predicted molar refractivity (Wildman–Crippen MR) is 162 cm³/mol. The molecule has 1 aromatic heterocycles. The Morgan fingerprint density at radius 3 is 1.95 bits per heavy atom. The first-order valence-electron chi connectivity index (χ1n) is 13.3. The summed E-state index contributed by atoms with van der Waals surface area (Å²) in [5.41, 5.74) is 2.47. The molecule has 0 spiro atoms. The van der Waals surface area contributed by atoms with Crippen LogP contribution in [0.3, 0.4) is 0 Å². The fourth-order valence-electron chi connectivity index (χ4n) is 4.34. The second-order valence-electron chi connectivity index (χ2n) is 9.59. The number of hydrogen-bond donors (Lipinski definition) is 1. The predicted octanol–water partition coefficient (Wildman–Crippen LogP) is 5.43. The van der Waals surface area contributed by atoms with Crippen molar-refractivity contribution >= 4 is 12.2 Å². The van der Waals surface area contributed by atoms with Crippen LogP contribution < -0.4 is 9.47 Å². The Balaban J connectivity index is 1.59. The highest BCUT2D eigenvalue weighted by atomic mass is 16.5. The Labute approximate surface area is 242 Å². The number of aromatic nitrogens is 1. The van der Waals surface area contributed by atoms with Crippen LogP contribution in [0.15, 0.2) is 102 Å². The standard InChI is InChI=1S/C34H35N3O4/c1-37(2)25-36-33-22-13-26(23-35-33)9-8-12-30(38)24-41-34(27-10-6-5-7-11-27,28-14-18-31(39-3)19-15-28)29-16-20-32(40-4)21-17-29/h5-7,10-11,13-23,25,30,38H,12,24H2,1-4H3/t30-/m0/s1. The molecule has 0 bridgehead atoms. The molecular formula is C34H35N3O4. The minimum absolute atomic E-state index is 0.0536. The van der Waals surface area contributed by atoms with Gasteiger partial charge in [0.2, 0.25) is 0 Å². The molecule has 210 valence electrons. The summed E-state index contributed by atoms with van der Waals surface area (Å²) in [6.45, 7) is 0.0536. The SMILES string of the molecule is COc1ccc(C(OC[C@@H](O)CC#Cc2ccc(N=CN(C)C)nc2)(c2ccccc2)c2ccc(OC)cc2)cc1. The Hall–Kier alpha value is -4.64. The van der Waals surface area contributed by atoms with Crippen LogP contribution in [0.2, 0.25) is 0 Å². The van der Waals surface area contributed by atoms with Crippen molar-refractivity contribution in [3.63, 3.8) is 0 Å². The fraction of sp³-hybridized carbons (Fsp3) is 0.235. The average molecular weight is 550 g/mol. The molecule has 3 aromatic carbocycles. The van der Waals surface area contributed by atoms with Crippen LogP contribution in [0.5, 0.6) is 11.5 Å². The molecule has 0 aliphatic heterocycles. The van der Waals surface area contributed by atoms with Crippen LogP contribution in [-0.2, 0) is 10.3 Å². The van der Waals surface area contributed by atoms with Crippen LogP contribution in [0.25, 0.3) is 0 Å². The molecule has 0 aliphatic carbocycles. The maximum Gasteiger partial charge on any atom is 0.153 e. The minimum atomic E-state index is -0.999. The van der Waals surface area contributed by atoms with E-state index in [-0.39, 0.29) is 13.0 Å². The molecule has 0 unspecified atom stereocenters. The van der Waals surface area contributed by atoms with Crippen molar-refractivity contribution in [3.05, 3.63) is 119 Å². The molecule has 0 aliphatic rings. The molecule has 4 rings (SSSR count). The summed E-state index contributed by atoms with van der Waals surface area (Å²) in [5.74, 6) is 8.21. The summed E-state index contributed by atoms with van der Waals surface area (Å²) in [5, 5.41) is 11.0. The molecule has 7 heteroatoms. The lowest BCUT2D eigenvalue weighted by Crippen LogP contribution is -2.35. The summed E-state index contributed by atoms with van der Waals surface area (Å²) in [4.78, 5) is 10.4. The largest absolute Gasteiger partial charge is 0.497 e. The van der Waals surface area contributed by atoms with Crippen molar-refractivity contribution < 1.29 is 19.3 Å². The number of rotatable bonds is 11. The number of aliphatic imine (C=N–C) groups is 1. The van der Waals surface area contributed by atoms with E-state index in [1.807, 2.05) is 110 Å². The van der Waals surface area contributed by atoms with E-state index in [4.69, 9.17) is 14.2 Å². The van der Waals surface area contributed by atoms with Gasteiger partial charge in [0.15, 0.2) is 5.82 Å². The van der Waals surface area contributed by atoms with E-state index in [9.17, 15) is 5.11 Å². The van der Waals surface area contributed by atoms with Crippen molar-refractivity contribution in [2.45, 2.75) is 18.1 Å². The first-order chi connectivity index (χ1) is 19.9. The number of hydrogen-bond acceptors (Lipinski definition) is 6. The van der Waals surface area contributed by atoms with Gasteiger partial charge in [0, 0.05) is 32.3 Å². The summed E-state index contributed by atoms with van der Waals surface area (Å²) in [6, 6.07) is 29.2. The summed E-state index contributed by atoms with van der Waals surface area (Å²) < 4.78 is 17.5. The second kappa shape index (κ2) is 14.1. The van der Waals surface area contributed by atoms with Crippen molar-refractivity contribution in [1.82, 2.24) is 9.88 Å². The van der Waals surface area contributed by atoms with Gasteiger partial charge in [-0.2, -0.15) is 0 Å². The van der Waals surface area contributed by atoms with E-state index in [0.717, 1.165) is 33.8 Å². The van der Waals surface area contributed by atoms with Crippen molar-refractivity contribution in [2.75, 3.05) is 34.9 Å². The summed E-state index contributed by atoms with van der Waals surface area (Å²) in [7, 11) is 7.08. The number of methoxy groups -OCH3 is 2. The van der Waals surface area contributed by atoms with Crippen LogP contribution in [0.4, 0.5) is 5.82 Å². The van der Waals surface area contributed by atoms with Gasteiger partial charge in [-0.15, -0.1) is 0 Å². The lowest BCUT2D eigenvalue weighted by molar-refractivity contribution is -0.0363. The van der Waals surface area contributed by atoms with Gasteiger partial charge >= 0.3 is 0 Å². The van der Waals surface area contributed by atoms with E-state index in [1.54, 1.807) is 26.8 Å². The zero-order valence-corrected chi connectivity index (χ0v) is 23.8. The number of aliphatic hydroxyl groups is 1. The van der Waals surface area contributed by atoms with E-state index in [1.165, 1.54) is 0 Å². The first kappa shape index (κ1) is 29.3. The Bertz CT molecular complexity index is 1410. The molecule has 0 radical (unpaired) electrons. The van der Waals surface area contributed by atoms with Crippen molar-refractivity contribution in [2.24, 2.45) is 4.99 Å². The minimum Gasteiger partial charge on any atom is -0.497 e. The number of pyridine rings is 1. The Kier molecular flexibility index (Phi) is 10.1. The van der Waals surface area contributed by atoms with Gasteiger partial charge < -0.3 is 24.2 Å². The normalized spacial score (nSPS) is 11.9. The van der Waals surface area contributed by atoms with Gasteiger partial charge in [0.05, 0.1) is 33.3 Å². The molecule has 1 heterocycles. The van der Waals surface area contributed by atoms with Gasteiger partial charge in [0.1, 0.15) is 17.1 Å². The number of aliphatic hydroxyl groups excluding tert-OH is 1. The molecule has 4 aromatic rings. The van der Waals surface area contributed by atoms with E-state index < -0.39 is 11.7 Å². The highest BCUT2D eigenvalue weighted by molar-refractivity contribution is 5.59. The van der Waals surface area contributed by atoms with Gasteiger partial charge in [-0.1, -0.05) is 66.4 Å². The number of ether oxygens (including phenoxy) is 3. The third kappa shape index (κ3) is 7.52. The van der Waals surface area contributed by atoms with Gasteiger partial charge in [-0.25, -0.2) is 9.98 Å². The van der Waals surface area contributed by atoms with E-state index >= 15 is 0 Å². The van der Waals surface area contributed by atoms with Crippen LogP contribution >= 0.6 is 0 Å². The fourth-order valence-corrected chi connectivity index (χ4v) is 4.34. The second-order valence-corrected chi connectivity index (χ2v) is 9.59. The third-order valence-electron chi connectivity index (χ3n) is 6.40. The van der Waals surface area contributed by atoms with E-state index in [0.29, 0.717) is 5.82 Å². The number of benzene rings is 3. The van der Waals surface area contributed by atoms with Gasteiger partial charge in [-0.05, 0) is 53.1 Å². The highest BCUT2D eigenvalue weighted by Crippen LogP contribution is 2.41. The Morgan fingerprint density at radius 2 is 1.44 bits per heavy atom. The first-order valence-corrected chi connectivity index (χ1v) is 13.3. The smallest absolute Gasteiger partial charge is 0.153 e. The molecule has 0 amide bonds. The average Bonchev–Trinajstić information content (AvgIpc) is 3.02. The van der Waals surface area contributed by atoms with Crippen molar-refractivity contribution in [3.8, 4) is 23.3 Å². The lowest BCUT2D eigenvalue weighted by Gasteiger charge is -2.36. The maximum atomic E-state index is 11.0. The van der Waals surface area contributed by atoms with Crippen molar-refractivity contribution in [1.29, 1.82) is 0 Å². The molecule has 1 atom stereocenters. The van der Waals surface area contributed by atoms with Crippen LogP contribution in [0, 0.1) is 11.8 Å². The monoisotopic (exact) mass is 549 g/mol. The highest BCUT2D eigenvalue weighted by Gasteiger charge is 2.38. The number of nitrogens with zero attached hydrogens (tertiary/aromatic N) is 3. The molecule has 0 fully saturated rings. The maximum absolute atomic E-state index is 11.0. The summed E-state index contributed by atoms with van der Waals surface area (Å²) in [6.07, 6.45) is 2.78. The molecule has 0 saturated heterocycles. The molecule has 0 saturated carbocycles. The van der Waals surface area contributed by atoms with Crippen LogP contribution in [0.1, 0.15) is 28.7 Å².